The number of piperidine rings is 1. The van der Waals surface area contributed by atoms with Gasteiger partial charge < -0.3 is 4.90 Å². The summed E-state index contributed by atoms with van der Waals surface area (Å²) in [5, 5.41) is 3.24. The molecule has 43 heavy (non-hydrogen) atoms. The number of nitrogens with zero attached hydrogens (tertiary/aromatic N) is 3. The molecule has 7 heteroatoms. The second-order valence-corrected chi connectivity index (χ2v) is 13.5. The van der Waals surface area contributed by atoms with Crippen molar-refractivity contribution in [1.29, 1.82) is 0 Å². The average molecular weight is 616 g/mol. The Balaban J connectivity index is 1.81. The van der Waals surface area contributed by atoms with E-state index in [0.717, 1.165) is 66.0 Å². The van der Waals surface area contributed by atoms with Gasteiger partial charge in [-0.2, -0.15) is 0 Å². The Labute approximate surface area is 264 Å². The van der Waals surface area contributed by atoms with Crippen LogP contribution in [-0.4, -0.2) is 32.9 Å². The van der Waals surface area contributed by atoms with Gasteiger partial charge in [-0.05, 0) is 80.2 Å². The fourth-order valence-electron chi connectivity index (χ4n) is 6.25. The molecule has 5 nitrogen and oxygen atoms in total. The third-order valence-corrected chi connectivity index (χ3v) is 9.96. The van der Waals surface area contributed by atoms with Crippen LogP contribution in [0, 0.1) is 11.8 Å². The predicted molar refractivity (Wildman–Crippen MR) is 180 cm³/mol. The highest BCUT2D eigenvalue weighted by atomic mass is 35.5. The van der Waals surface area contributed by atoms with Gasteiger partial charge in [-0.1, -0.05) is 76.6 Å². The van der Waals surface area contributed by atoms with Gasteiger partial charge in [-0.15, -0.1) is 11.3 Å². The summed E-state index contributed by atoms with van der Waals surface area (Å²) in [5.74, 6) is 0.673. The molecular weight excluding hydrogens is 574 g/mol. The zero-order chi connectivity index (χ0) is 30.8. The van der Waals surface area contributed by atoms with Crippen LogP contribution in [0.25, 0.3) is 27.5 Å². The number of benzene rings is 2. The Hall–Kier alpha value is -3.22. The number of likely N-dealkylation sites (tertiary alicyclic amines) is 1. The smallest absolute Gasteiger partial charge is 0.265 e. The summed E-state index contributed by atoms with van der Waals surface area (Å²) in [6, 6.07) is 15.8. The van der Waals surface area contributed by atoms with E-state index in [2.05, 4.69) is 59.7 Å². The van der Waals surface area contributed by atoms with Crippen molar-refractivity contribution >= 4 is 28.8 Å². The number of halogens is 1. The fraction of sp³-hybridized carbons (Fsp3) is 0.417. The van der Waals surface area contributed by atoms with Gasteiger partial charge in [-0.25, -0.2) is 4.98 Å². The van der Waals surface area contributed by atoms with E-state index in [1.807, 2.05) is 45.2 Å². The van der Waals surface area contributed by atoms with Gasteiger partial charge in [0.15, 0.2) is 0 Å². The minimum Gasteiger partial charge on any atom is -0.336 e. The third kappa shape index (κ3) is 6.23. The zero-order valence-corrected chi connectivity index (χ0v) is 27.7. The van der Waals surface area contributed by atoms with E-state index in [9.17, 15) is 9.59 Å². The van der Waals surface area contributed by atoms with Crippen LogP contribution in [0.2, 0.25) is 5.02 Å². The number of amides is 1. The Morgan fingerprint density at radius 3 is 2.37 bits per heavy atom. The number of hydrogen-bond donors (Lipinski definition) is 0. The first-order chi connectivity index (χ1) is 20.6. The zero-order valence-electron chi connectivity index (χ0n) is 26.1. The molecule has 2 atom stereocenters. The molecule has 0 saturated carbocycles. The number of aromatic nitrogens is 2. The van der Waals surface area contributed by atoms with Gasteiger partial charge in [0, 0.05) is 34.2 Å². The number of hydrogen-bond acceptors (Lipinski definition) is 4. The Morgan fingerprint density at radius 1 is 1.07 bits per heavy atom. The van der Waals surface area contributed by atoms with Gasteiger partial charge in [-0.3, -0.25) is 14.2 Å². The highest BCUT2D eigenvalue weighted by Crippen LogP contribution is 2.33. The minimum absolute atomic E-state index is 0.00575. The number of carbonyl (C=O) groups excluding carboxylic acids is 1. The van der Waals surface area contributed by atoms with Crippen molar-refractivity contribution in [2.45, 2.75) is 79.7 Å². The summed E-state index contributed by atoms with van der Waals surface area (Å²) < 4.78 is 1.88. The SMILES string of the molecule is CCc1cccc(CC)c1-n1c(CC(C)C)c(C(=O)N2CCCC(C)C2C)cc(-c2nc(-c3ccc(Cl)cc3)cs2)c1=O. The molecule has 0 bridgehead atoms. The van der Waals surface area contributed by atoms with E-state index in [1.165, 1.54) is 11.3 Å². The number of para-hydroxylation sites is 1. The highest BCUT2D eigenvalue weighted by molar-refractivity contribution is 7.13. The second kappa shape index (κ2) is 13.2. The van der Waals surface area contributed by atoms with Crippen LogP contribution >= 0.6 is 22.9 Å². The molecule has 1 aliphatic heterocycles. The maximum absolute atomic E-state index is 14.8. The summed E-state index contributed by atoms with van der Waals surface area (Å²) in [6.45, 7) is 13.6. The van der Waals surface area contributed by atoms with Gasteiger partial charge in [0.05, 0.1) is 22.5 Å². The maximum Gasteiger partial charge on any atom is 0.265 e. The van der Waals surface area contributed by atoms with Crippen molar-refractivity contribution < 1.29 is 4.79 Å². The van der Waals surface area contributed by atoms with Gasteiger partial charge in [0.1, 0.15) is 5.01 Å². The number of pyridine rings is 1. The van der Waals surface area contributed by atoms with Crippen LogP contribution in [0.15, 0.2) is 58.7 Å². The van der Waals surface area contributed by atoms with Crippen LogP contribution < -0.4 is 5.56 Å². The van der Waals surface area contributed by atoms with Gasteiger partial charge in [0.2, 0.25) is 0 Å². The monoisotopic (exact) mass is 615 g/mol. The molecule has 5 rings (SSSR count). The average Bonchev–Trinajstić information content (AvgIpc) is 3.48. The topological polar surface area (TPSA) is 55.2 Å². The van der Waals surface area contributed by atoms with Crippen molar-refractivity contribution in [3.05, 3.63) is 91.7 Å². The molecule has 1 fully saturated rings. The van der Waals surface area contributed by atoms with E-state index in [4.69, 9.17) is 16.6 Å². The fourth-order valence-corrected chi connectivity index (χ4v) is 7.21. The summed E-state index contributed by atoms with van der Waals surface area (Å²) in [4.78, 5) is 36.3. The first-order valence-electron chi connectivity index (χ1n) is 15.6. The molecule has 0 radical (unpaired) electrons. The minimum atomic E-state index is -0.125. The molecule has 2 aromatic heterocycles. The molecule has 1 amide bonds. The lowest BCUT2D eigenvalue weighted by Crippen LogP contribution is -2.46. The maximum atomic E-state index is 14.8. The molecule has 2 unspecified atom stereocenters. The number of aryl methyl sites for hydroxylation is 2. The lowest BCUT2D eigenvalue weighted by molar-refractivity contribution is 0.0549. The van der Waals surface area contributed by atoms with Crippen LogP contribution in [0.5, 0.6) is 0 Å². The normalized spacial score (nSPS) is 17.1. The molecule has 0 spiro atoms. The van der Waals surface area contributed by atoms with Crippen molar-refractivity contribution in [3.8, 4) is 27.5 Å². The molecule has 4 aromatic rings. The molecular formula is C36H42ClN3O2S. The Morgan fingerprint density at radius 2 is 1.74 bits per heavy atom. The van der Waals surface area contributed by atoms with E-state index in [-0.39, 0.29) is 23.4 Å². The van der Waals surface area contributed by atoms with Crippen LogP contribution in [0.1, 0.15) is 81.6 Å². The summed E-state index contributed by atoms with van der Waals surface area (Å²) in [6.07, 6.45) is 4.28. The van der Waals surface area contributed by atoms with Crippen LogP contribution in [0.4, 0.5) is 0 Å². The standard InChI is InChI=1S/C36H42ClN3O2S/c1-7-25-12-9-13-26(8-2)33(25)40-32(19-22(3)4)29(35(41)39-18-10-11-23(5)24(39)6)20-30(36(40)42)34-38-31(21-43-34)27-14-16-28(37)17-15-27/h9,12-17,20-24H,7-8,10-11,18-19H2,1-6H3. The lowest BCUT2D eigenvalue weighted by atomic mass is 9.90. The molecule has 0 aliphatic carbocycles. The van der Waals surface area contributed by atoms with Gasteiger partial charge >= 0.3 is 0 Å². The first-order valence-corrected chi connectivity index (χ1v) is 16.8. The molecule has 0 N–H and O–H groups in total. The number of carbonyl (C=O) groups is 1. The van der Waals surface area contributed by atoms with E-state index in [0.29, 0.717) is 33.5 Å². The molecule has 226 valence electrons. The number of thiazole rings is 1. The van der Waals surface area contributed by atoms with E-state index in [1.54, 1.807) is 0 Å². The highest BCUT2D eigenvalue weighted by Gasteiger charge is 2.33. The van der Waals surface area contributed by atoms with E-state index < -0.39 is 0 Å². The number of rotatable bonds is 8. The Bertz CT molecular complexity index is 1650. The summed E-state index contributed by atoms with van der Waals surface area (Å²) in [5.41, 5.74) is 6.57. The predicted octanol–water partition coefficient (Wildman–Crippen LogP) is 8.87. The van der Waals surface area contributed by atoms with E-state index >= 15 is 0 Å². The molecule has 1 saturated heterocycles. The summed E-state index contributed by atoms with van der Waals surface area (Å²) >= 11 is 7.56. The molecule has 2 aromatic carbocycles. The first kappa shape index (κ1) is 31.2. The van der Waals surface area contributed by atoms with Crippen molar-refractivity contribution in [2.75, 3.05) is 6.54 Å². The largest absolute Gasteiger partial charge is 0.336 e. The molecule has 1 aliphatic rings. The van der Waals surface area contributed by atoms with Crippen molar-refractivity contribution in [2.24, 2.45) is 11.8 Å². The summed E-state index contributed by atoms with van der Waals surface area (Å²) in [7, 11) is 0. The van der Waals surface area contributed by atoms with Crippen molar-refractivity contribution in [1.82, 2.24) is 14.5 Å². The van der Waals surface area contributed by atoms with Crippen LogP contribution in [-0.2, 0) is 19.3 Å². The quantitative estimate of drug-likeness (QED) is 0.199. The third-order valence-electron chi connectivity index (χ3n) is 8.83. The Kier molecular flexibility index (Phi) is 9.57. The van der Waals surface area contributed by atoms with Crippen LogP contribution in [0.3, 0.4) is 0 Å². The second-order valence-electron chi connectivity index (χ2n) is 12.2. The molecule has 3 heterocycles. The van der Waals surface area contributed by atoms with Crippen molar-refractivity contribution in [3.63, 3.8) is 0 Å². The lowest BCUT2D eigenvalue weighted by Gasteiger charge is -2.38. The van der Waals surface area contributed by atoms with Gasteiger partial charge in [0.25, 0.3) is 11.5 Å².